The molecular formula is C21H22N6O2. The summed E-state index contributed by atoms with van der Waals surface area (Å²) < 4.78 is 1.40. The van der Waals surface area contributed by atoms with Gasteiger partial charge >= 0.3 is 0 Å². The van der Waals surface area contributed by atoms with Gasteiger partial charge in [0.05, 0.1) is 23.1 Å². The molecule has 1 aliphatic heterocycles. The highest BCUT2D eigenvalue weighted by Gasteiger charge is 2.17. The van der Waals surface area contributed by atoms with Crippen LogP contribution in [0.25, 0.3) is 10.9 Å². The first-order valence-corrected chi connectivity index (χ1v) is 9.52. The van der Waals surface area contributed by atoms with Crippen LogP contribution in [0.5, 0.6) is 0 Å². The first-order valence-electron chi connectivity index (χ1n) is 9.52. The number of amides is 1. The predicted octanol–water partition coefficient (Wildman–Crippen LogP) is 2.04. The summed E-state index contributed by atoms with van der Waals surface area (Å²) in [7, 11) is 0. The molecule has 0 unspecified atom stereocenters. The van der Waals surface area contributed by atoms with Crippen LogP contribution in [0.4, 0.5) is 0 Å². The number of hydrogen-bond donors (Lipinski definition) is 2. The molecular weight excluding hydrogens is 368 g/mol. The Morgan fingerprint density at radius 1 is 1.24 bits per heavy atom. The van der Waals surface area contributed by atoms with Gasteiger partial charge in [-0.1, -0.05) is 6.07 Å². The van der Waals surface area contributed by atoms with Gasteiger partial charge < -0.3 is 9.88 Å². The molecule has 0 aliphatic carbocycles. The Bertz CT molecular complexity index is 1190. The topological polar surface area (TPSA) is 104 Å². The average molecular weight is 390 g/mol. The third-order valence-corrected chi connectivity index (χ3v) is 4.68. The van der Waals surface area contributed by atoms with Crippen LogP contribution < -0.4 is 10.9 Å². The molecule has 4 rings (SSSR count). The summed E-state index contributed by atoms with van der Waals surface area (Å²) in [5.74, 6) is -0.195. The van der Waals surface area contributed by atoms with Gasteiger partial charge in [-0.05, 0) is 37.6 Å². The fourth-order valence-corrected chi connectivity index (χ4v) is 3.34. The molecule has 1 aliphatic rings. The molecule has 1 aromatic carbocycles. The van der Waals surface area contributed by atoms with Crippen LogP contribution in [0.3, 0.4) is 0 Å². The minimum Gasteiger partial charge on any atom is -0.352 e. The van der Waals surface area contributed by atoms with E-state index in [2.05, 4.69) is 37.8 Å². The summed E-state index contributed by atoms with van der Waals surface area (Å²) in [4.78, 5) is 24.1. The molecule has 0 fully saturated rings. The average Bonchev–Trinajstić information content (AvgIpc) is 3.32. The van der Waals surface area contributed by atoms with Crippen molar-refractivity contribution in [2.24, 2.45) is 10.2 Å². The van der Waals surface area contributed by atoms with E-state index in [0.717, 1.165) is 33.5 Å². The van der Waals surface area contributed by atoms with Gasteiger partial charge in [0, 0.05) is 42.1 Å². The third kappa shape index (κ3) is 4.31. The smallest absolute Gasteiger partial charge is 0.251 e. The molecule has 0 saturated heterocycles. The molecule has 0 bridgehead atoms. The van der Waals surface area contributed by atoms with Crippen LogP contribution in [-0.4, -0.2) is 38.1 Å². The maximum absolute atomic E-state index is 12.1. The molecule has 3 heterocycles. The Kier molecular flexibility index (Phi) is 5.07. The summed E-state index contributed by atoms with van der Waals surface area (Å²) in [5.41, 5.74) is 4.47. The summed E-state index contributed by atoms with van der Waals surface area (Å²) in [6.07, 6.45) is 4.79. The van der Waals surface area contributed by atoms with Crippen LogP contribution in [0.1, 0.15) is 31.4 Å². The second kappa shape index (κ2) is 7.83. The number of pyridine rings is 1. The Labute approximate surface area is 167 Å². The lowest BCUT2D eigenvalue weighted by atomic mass is 10.0. The van der Waals surface area contributed by atoms with Gasteiger partial charge in [-0.2, -0.15) is 15.3 Å². The highest BCUT2D eigenvalue weighted by Crippen LogP contribution is 2.17. The predicted molar refractivity (Wildman–Crippen MR) is 112 cm³/mol. The van der Waals surface area contributed by atoms with E-state index in [-0.39, 0.29) is 24.1 Å². The van der Waals surface area contributed by atoms with E-state index in [1.807, 2.05) is 19.9 Å². The minimum atomic E-state index is -0.221. The molecule has 0 radical (unpaired) electrons. The van der Waals surface area contributed by atoms with Crippen LogP contribution in [0.15, 0.2) is 57.7 Å². The van der Waals surface area contributed by atoms with Gasteiger partial charge in [-0.25, -0.2) is 0 Å². The van der Waals surface area contributed by atoms with E-state index in [9.17, 15) is 9.59 Å². The molecule has 8 heteroatoms. The van der Waals surface area contributed by atoms with E-state index in [1.165, 1.54) is 10.6 Å². The Morgan fingerprint density at radius 3 is 2.93 bits per heavy atom. The SMILES string of the molecule is CC(C)NC(=O)Cn1cc(C2=NN=C(Cc3ccc4[nH]ncc4c3)C2)ccc1=O. The van der Waals surface area contributed by atoms with E-state index >= 15 is 0 Å². The second-order valence-electron chi connectivity index (χ2n) is 7.46. The zero-order valence-corrected chi connectivity index (χ0v) is 16.3. The fourth-order valence-electron chi connectivity index (χ4n) is 3.34. The lowest BCUT2D eigenvalue weighted by molar-refractivity contribution is -0.122. The number of H-pyrrole nitrogens is 1. The normalized spacial score (nSPS) is 13.6. The monoisotopic (exact) mass is 390 g/mol. The quantitative estimate of drug-likeness (QED) is 0.673. The van der Waals surface area contributed by atoms with Crippen molar-refractivity contribution >= 4 is 28.2 Å². The van der Waals surface area contributed by atoms with Crippen molar-refractivity contribution in [1.29, 1.82) is 0 Å². The first-order chi connectivity index (χ1) is 14.0. The summed E-state index contributed by atoms with van der Waals surface area (Å²) >= 11 is 0. The molecule has 0 saturated carbocycles. The standard InChI is InChI=1S/C21H22N6O2/c1-13(2)23-20(28)12-27-11-15(4-6-21(27)29)19-9-17(24-26-19)8-14-3-5-18-16(7-14)10-22-25-18/h3-7,10-11,13H,8-9,12H2,1-2H3,(H,22,25)(H,23,28). The van der Waals surface area contributed by atoms with Crippen molar-refractivity contribution in [3.05, 3.63) is 64.2 Å². The lowest BCUT2D eigenvalue weighted by Crippen LogP contribution is -2.36. The van der Waals surface area contributed by atoms with E-state index in [1.54, 1.807) is 18.5 Å². The Hall–Kier alpha value is -3.55. The molecule has 1 amide bonds. The van der Waals surface area contributed by atoms with Gasteiger partial charge in [0.1, 0.15) is 6.54 Å². The second-order valence-corrected chi connectivity index (χ2v) is 7.46. The summed E-state index contributed by atoms with van der Waals surface area (Å²) in [6, 6.07) is 9.37. The van der Waals surface area contributed by atoms with Crippen LogP contribution in [0, 0.1) is 0 Å². The number of fused-ring (bicyclic) bond motifs is 1. The van der Waals surface area contributed by atoms with Gasteiger partial charge in [0.15, 0.2) is 0 Å². The molecule has 148 valence electrons. The molecule has 0 spiro atoms. The number of nitrogens with one attached hydrogen (secondary N) is 2. The molecule has 3 aromatic rings. The van der Waals surface area contributed by atoms with Crippen LogP contribution >= 0.6 is 0 Å². The van der Waals surface area contributed by atoms with E-state index < -0.39 is 0 Å². The number of aromatic amines is 1. The van der Waals surface area contributed by atoms with Gasteiger partial charge in [-0.3, -0.25) is 14.7 Å². The molecule has 2 N–H and O–H groups in total. The number of nitrogens with zero attached hydrogens (tertiary/aromatic N) is 4. The zero-order chi connectivity index (χ0) is 20.4. The van der Waals surface area contributed by atoms with Crippen molar-refractivity contribution in [2.75, 3.05) is 0 Å². The first kappa shape index (κ1) is 18.8. The number of benzene rings is 1. The number of aromatic nitrogens is 3. The van der Waals surface area contributed by atoms with Crippen molar-refractivity contribution < 1.29 is 4.79 Å². The number of carbonyl (C=O) groups is 1. The number of rotatable bonds is 6. The highest BCUT2D eigenvalue weighted by atomic mass is 16.2. The van der Waals surface area contributed by atoms with Crippen molar-refractivity contribution in [2.45, 2.75) is 39.3 Å². The third-order valence-electron chi connectivity index (χ3n) is 4.68. The Balaban J connectivity index is 1.44. The molecule has 0 atom stereocenters. The van der Waals surface area contributed by atoms with Crippen molar-refractivity contribution in [3.8, 4) is 0 Å². The van der Waals surface area contributed by atoms with Crippen molar-refractivity contribution in [1.82, 2.24) is 20.1 Å². The highest BCUT2D eigenvalue weighted by molar-refractivity contribution is 6.15. The van der Waals surface area contributed by atoms with Gasteiger partial charge in [0.25, 0.3) is 5.56 Å². The van der Waals surface area contributed by atoms with Crippen molar-refractivity contribution in [3.63, 3.8) is 0 Å². The van der Waals surface area contributed by atoms with E-state index in [4.69, 9.17) is 0 Å². The summed E-state index contributed by atoms with van der Waals surface area (Å²) in [5, 5.41) is 19.5. The minimum absolute atomic E-state index is 0.0173. The fraction of sp³-hybridized carbons (Fsp3) is 0.286. The maximum Gasteiger partial charge on any atom is 0.251 e. The van der Waals surface area contributed by atoms with Gasteiger partial charge in [-0.15, -0.1) is 0 Å². The molecule has 8 nitrogen and oxygen atoms in total. The molecule has 2 aromatic heterocycles. The van der Waals surface area contributed by atoms with Crippen LogP contribution in [0.2, 0.25) is 0 Å². The summed E-state index contributed by atoms with van der Waals surface area (Å²) in [6.45, 7) is 3.75. The number of carbonyl (C=O) groups excluding carboxylic acids is 1. The van der Waals surface area contributed by atoms with Gasteiger partial charge in [0.2, 0.25) is 5.91 Å². The number of hydrogen-bond acceptors (Lipinski definition) is 5. The van der Waals surface area contributed by atoms with Crippen LogP contribution in [-0.2, 0) is 17.8 Å². The Morgan fingerprint density at radius 2 is 2.10 bits per heavy atom. The molecule has 29 heavy (non-hydrogen) atoms. The zero-order valence-electron chi connectivity index (χ0n) is 16.3. The largest absolute Gasteiger partial charge is 0.352 e. The maximum atomic E-state index is 12.1. The lowest BCUT2D eigenvalue weighted by Gasteiger charge is -2.11. The van der Waals surface area contributed by atoms with E-state index in [0.29, 0.717) is 12.8 Å².